The molecule has 3 saturated heterocycles. The van der Waals surface area contributed by atoms with Gasteiger partial charge in [0.05, 0.1) is 10.9 Å². The molecule has 254 valence electrons. The molecule has 2 amide bonds. The number of hydrogen-bond donors (Lipinski definition) is 1. The van der Waals surface area contributed by atoms with Crippen molar-refractivity contribution in [1.82, 2.24) is 24.3 Å². The fourth-order valence-electron chi connectivity index (χ4n) is 6.85. The molecule has 3 aliphatic rings. The van der Waals surface area contributed by atoms with Crippen LogP contribution in [0.2, 0.25) is 0 Å². The van der Waals surface area contributed by atoms with E-state index in [0.717, 1.165) is 49.5 Å². The molecule has 0 saturated carbocycles. The first-order chi connectivity index (χ1) is 22.5. The van der Waals surface area contributed by atoms with Gasteiger partial charge in [0.1, 0.15) is 11.2 Å². The Balaban J connectivity index is 0.00000451. The van der Waals surface area contributed by atoms with Gasteiger partial charge in [-0.25, -0.2) is 9.18 Å². The fraction of sp³-hybridized carbons (Fsp3) is 0.528. The van der Waals surface area contributed by atoms with Gasteiger partial charge < -0.3 is 24.6 Å². The number of carbonyl (C=O) groups excluding carboxylic acids is 2. The van der Waals surface area contributed by atoms with E-state index in [1.807, 2.05) is 52.4 Å². The van der Waals surface area contributed by atoms with Gasteiger partial charge in [0, 0.05) is 77.2 Å². The van der Waals surface area contributed by atoms with Gasteiger partial charge >= 0.3 is 5.69 Å². The number of imidazole rings is 1. The molecule has 1 N–H and O–H groups in total. The Labute approximate surface area is 282 Å². The standard InChI is InChI=1S/C36H47FN6O3S.H2/c1-36(2,3)15-18-42-33(45)30(47-34(42)32-27(37)11-8-12-29(32)40-21-19-39(4)20-22-40)23-31(44)41-16-13-26(14-17-41)43-24-28(38-35(43)46)25-9-6-5-7-10-25;/h5-12,24,26,30,34H,13-23H2,1-4H3,(H,38,46);1H. The fourth-order valence-corrected chi connectivity index (χ4v) is 8.38. The topological polar surface area (TPSA) is 84.9 Å². The van der Waals surface area contributed by atoms with E-state index in [4.69, 9.17) is 0 Å². The molecule has 3 aromatic rings. The van der Waals surface area contributed by atoms with Crippen molar-refractivity contribution in [3.05, 3.63) is 76.6 Å². The summed E-state index contributed by atoms with van der Waals surface area (Å²) in [6.07, 6.45) is 4.05. The van der Waals surface area contributed by atoms with Crippen molar-refractivity contribution in [3.63, 3.8) is 0 Å². The van der Waals surface area contributed by atoms with E-state index in [2.05, 4.69) is 42.6 Å². The summed E-state index contributed by atoms with van der Waals surface area (Å²) in [5.74, 6) is -0.464. The maximum absolute atomic E-state index is 15.8. The summed E-state index contributed by atoms with van der Waals surface area (Å²) in [7, 11) is 2.09. The van der Waals surface area contributed by atoms with Crippen LogP contribution in [0.3, 0.4) is 0 Å². The number of aromatic amines is 1. The molecule has 9 nitrogen and oxygen atoms in total. The van der Waals surface area contributed by atoms with E-state index < -0.39 is 10.6 Å². The van der Waals surface area contributed by atoms with Crippen molar-refractivity contribution in [2.24, 2.45) is 5.41 Å². The number of likely N-dealkylation sites (N-methyl/N-ethyl adjacent to an activating group) is 1. The molecule has 2 aromatic carbocycles. The van der Waals surface area contributed by atoms with Crippen LogP contribution >= 0.6 is 11.8 Å². The van der Waals surface area contributed by atoms with Gasteiger partial charge in [-0.1, -0.05) is 57.2 Å². The molecule has 3 aliphatic heterocycles. The van der Waals surface area contributed by atoms with Crippen molar-refractivity contribution in [3.8, 4) is 11.3 Å². The average Bonchev–Trinajstić information content (AvgIpc) is 3.59. The van der Waals surface area contributed by atoms with Crippen molar-refractivity contribution in [1.29, 1.82) is 0 Å². The second kappa shape index (κ2) is 13.9. The summed E-state index contributed by atoms with van der Waals surface area (Å²) in [5, 5.41) is -1.07. The Kier molecular flexibility index (Phi) is 9.85. The minimum Gasteiger partial charge on any atom is -0.369 e. The van der Waals surface area contributed by atoms with Crippen LogP contribution in [-0.2, 0) is 9.59 Å². The van der Waals surface area contributed by atoms with Crippen LogP contribution in [0, 0.1) is 11.2 Å². The van der Waals surface area contributed by atoms with Crippen LogP contribution in [0.1, 0.15) is 64.9 Å². The molecule has 0 radical (unpaired) electrons. The Morgan fingerprint density at radius 1 is 0.979 bits per heavy atom. The lowest BCUT2D eigenvalue weighted by atomic mass is 9.92. The summed E-state index contributed by atoms with van der Waals surface area (Å²) < 4.78 is 17.6. The van der Waals surface area contributed by atoms with Gasteiger partial charge in [-0.2, -0.15) is 0 Å². The molecular formula is C36H49FN6O3S. The molecule has 2 unspecified atom stereocenters. The molecule has 2 atom stereocenters. The van der Waals surface area contributed by atoms with E-state index in [0.29, 0.717) is 38.0 Å². The predicted molar refractivity (Wildman–Crippen MR) is 188 cm³/mol. The molecule has 0 bridgehead atoms. The summed E-state index contributed by atoms with van der Waals surface area (Å²) in [6, 6.07) is 15.0. The van der Waals surface area contributed by atoms with Crippen molar-refractivity contribution < 1.29 is 15.4 Å². The number of anilines is 1. The quantitative estimate of drug-likeness (QED) is 0.337. The predicted octanol–water partition coefficient (Wildman–Crippen LogP) is 5.61. The lowest BCUT2D eigenvalue weighted by molar-refractivity contribution is -0.136. The van der Waals surface area contributed by atoms with Gasteiger partial charge in [-0.15, -0.1) is 11.8 Å². The third kappa shape index (κ3) is 7.46. The number of amides is 2. The number of piperidine rings is 1. The zero-order valence-electron chi connectivity index (χ0n) is 28.0. The van der Waals surface area contributed by atoms with E-state index in [9.17, 15) is 14.4 Å². The number of hydrogen-bond acceptors (Lipinski definition) is 6. The van der Waals surface area contributed by atoms with Crippen molar-refractivity contribution in [2.75, 3.05) is 57.8 Å². The first-order valence-corrected chi connectivity index (χ1v) is 17.7. The number of thioether (sulfide) groups is 1. The highest BCUT2D eigenvalue weighted by Crippen LogP contribution is 2.49. The maximum Gasteiger partial charge on any atom is 0.326 e. The highest BCUT2D eigenvalue weighted by atomic mass is 32.2. The van der Waals surface area contributed by atoms with Crippen LogP contribution in [0.4, 0.5) is 10.1 Å². The summed E-state index contributed by atoms with van der Waals surface area (Å²) >= 11 is 1.42. The first-order valence-electron chi connectivity index (χ1n) is 16.8. The molecule has 0 spiro atoms. The molecule has 0 aliphatic carbocycles. The van der Waals surface area contributed by atoms with Gasteiger partial charge in [0.2, 0.25) is 11.8 Å². The highest BCUT2D eigenvalue weighted by Gasteiger charge is 2.45. The van der Waals surface area contributed by atoms with Crippen LogP contribution < -0.4 is 10.6 Å². The van der Waals surface area contributed by atoms with Gasteiger partial charge in [-0.3, -0.25) is 14.2 Å². The van der Waals surface area contributed by atoms with E-state index in [-0.39, 0.29) is 42.6 Å². The normalized spacial score (nSPS) is 21.6. The maximum atomic E-state index is 15.8. The van der Waals surface area contributed by atoms with Gasteiger partial charge in [0.25, 0.3) is 0 Å². The van der Waals surface area contributed by atoms with Crippen molar-refractivity contribution in [2.45, 2.75) is 63.1 Å². The van der Waals surface area contributed by atoms with Crippen LogP contribution in [0.15, 0.2) is 59.5 Å². The number of rotatable bonds is 8. The third-order valence-electron chi connectivity index (χ3n) is 9.76. The van der Waals surface area contributed by atoms with Crippen LogP contribution in [-0.4, -0.2) is 94.2 Å². The summed E-state index contributed by atoms with van der Waals surface area (Å²) in [4.78, 5) is 51.6. The molecule has 6 rings (SSSR count). The lowest BCUT2D eigenvalue weighted by Gasteiger charge is -2.37. The molecular weight excluding hydrogens is 616 g/mol. The van der Waals surface area contributed by atoms with Gasteiger partial charge in [-0.05, 0) is 49.4 Å². The Hall–Kier alpha value is -3.57. The summed E-state index contributed by atoms with van der Waals surface area (Å²) in [5.41, 5.74) is 2.97. The van der Waals surface area contributed by atoms with E-state index in [1.165, 1.54) is 17.8 Å². The number of likely N-dealkylation sites (tertiary alicyclic amines) is 1. The molecule has 3 fully saturated rings. The zero-order valence-corrected chi connectivity index (χ0v) is 28.8. The Morgan fingerprint density at radius 2 is 1.68 bits per heavy atom. The monoisotopic (exact) mass is 664 g/mol. The third-order valence-corrected chi connectivity index (χ3v) is 11.2. The summed E-state index contributed by atoms with van der Waals surface area (Å²) in [6.45, 7) is 11.3. The number of nitrogens with zero attached hydrogens (tertiary/aromatic N) is 5. The minimum atomic E-state index is -0.578. The molecule has 1 aromatic heterocycles. The highest BCUT2D eigenvalue weighted by molar-refractivity contribution is 8.01. The smallest absolute Gasteiger partial charge is 0.326 e. The van der Waals surface area contributed by atoms with Crippen molar-refractivity contribution >= 4 is 29.3 Å². The Bertz CT molecular complexity index is 1630. The lowest BCUT2D eigenvalue weighted by Crippen LogP contribution is -2.45. The average molecular weight is 665 g/mol. The number of piperazine rings is 1. The molecule has 4 heterocycles. The number of carbonyl (C=O) groups is 2. The van der Waals surface area contributed by atoms with Crippen LogP contribution in [0.25, 0.3) is 11.3 Å². The second-order valence-electron chi connectivity index (χ2n) is 14.3. The minimum absolute atomic E-state index is 0. The number of nitrogens with one attached hydrogen (secondary N) is 1. The first kappa shape index (κ1) is 33.3. The number of benzene rings is 2. The number of halogens is 1. The Morgan fingerprint density at radius 3 is 2.36 bits per heavy atom. The number of aromatic nitrogens is 2. The SMILES string of the molecule is CN1CCN(c2cccc(F)c2C2SC(CC(=O)N3CCC(n4cc(-c5ccccc5)[nH]c4=O)CC3)C(=O)N2CCC(C)(C)C)CC1.[HH]. The zero-order chi connectivity index (χ0) is 33.3. The van der Waals surface area contributed by atoms with E-state index >= 15 is 4.39 Å². The number of H-pyrrole nitrogens is 1. The molecule has 11 heteroatoms. The van der Waals surface area contributed by atoms with Crippen LogP contribution in [0.5, 0.6) is 0 Å². The second-order valence-corrected chi connectivity index (χ2v) is 15.6. The molecule has 47 heavy (non-hydrogen) atoms. The van der Waals surface area contributed by atoms with Gasteiger partial charge in [0.15, 0.2) is 0 Å². The van der Waals surface area contributed by atoms with E-state index in [1.54, 1.807) is 10.6 Å². The largest absolute Gasteiger partial charge is 0.369 e.